The maximum Gasteiger partial charge on any atom is 0.267 e. The van der Waals surface area contributed by atoms with Crippen molar-refractivity contribution < 1.29 is 10.0 Å². The predicted molar refractivity (Wildman–Crippen MR) is 114 cm³/mol. The van der Waals surface area contributed by atoms with Crippen LogP contribution in [0.15, 0.2) is 48.8 Å². The lowest BCUT2D eigenvalue weighted by molar-refractivity contribution is -0.124. The van der Waals surface area contributed by atoms with Crippen molar-refractivity contribution in [3.63, 3.8) is 0 Å². The monoisotopic (exact) mass is 425 g/mol. The van der Waals surface area contributed by atoms with Gasteiger partial charge in [0.1, 0.15) is 0 Å². The summed E-state index contributed by atoms with van der Waals surface area (Å²) in [5.74, 6) is -0.0318. The molecule has 0 bridgehead atoms. The summed E-state index contributed by atoms with van der Waals surface area (Å²) in [6.07, 6.45) is 9.06. The smallest absolute Gasteiger partial charge is 0.267 e. The molecule has 0 unspecified atom stereocenters. The first kappa shape index (κ1) is 23.8. The van der Waals surface area contributed by atoms with Gasteiger partial charge in [-0.1, -0.05) is 30.3 Å². The largest absolute Gasteiger partial charge is 0.347 e. The van der Waals surface area contributed by atoms with Crippen LogP contribution < -0.4 is 16.1 Å². The van der Waals surface area contributed by atoms with Crippen LogP contribution in [0.25, 0.3) is 6.08 Å². The summed E-state index contributed by atoms with van der Waals surface area (Å²) >= 11 is 0. The van der Waals surface area contributed by atoms with Crippen molar-refractivity contribution in [2.24, 2.45) is 0 Å². The Hall–Kier alpha value is -2.19. The third-order valence-electron chi connectivity index (χ3n) is 4.44. The summed E-state index contributed by atoms with van der Waals surface area (Å²) in [6.45, 7) is 1.87. The average Bonchev–Trinajstić information content (AvgIpc) is 2.68. The molecule has 1 aromatic carbocycles. The Labute approximate surface area is 176 Å². The molecule has 1 saturated heterocycles. The van der Waals surface area contributed by atoms with E-state index >= 15 is 0 Å². The Bertz CT molecular complexity index is 751. The summed E-state index contributed by atoms with van der Waals surface area (Å²) in [6, 6.07) is 10.4. The first-order valence-corrected chi connectivity index (χ1v) is 8.66. The van der Waals surface area contributed by atoms with Crippen LogP contribution in [0.1, 0.15) is 24.0 Å². The number of nitrogens with one attached hydrogen (secondary N) is 3. The molecule has 0 radical (unpaired) electrons. The maximum atomic E-state index is 11.0. The van der Waals surface area contributed by atoms with Gasteiger partial charge in [0.05, 0.1) is 5.54 Å². The second-order valence-corrected chi connectivity index (χ2v) is 6.50. The number of anilines is 1. The molecule has 1 aliphatic heterocycles. The highest BCUT2D eigenvalue weighted by atomic mass is 35.5. The number of carbonyl (C=O) groups excluding carboxylic acids is 1. The lowest BCUT2D eigenvalue weighted by Crippen LogP contribution is -2.53. The molecule has 1 atom stereocenters. The molecule has 1 fully saturated rings. The first-order valence-electron chi connectivity index (χ1n) is 8.66. The van der Waals surface area contributed by atoms with Crippen molar-refractivity contribution in [2.45, 2.75) is 24.8 Å². The van der Waals surface area contributed by atoms with Crippen molar-refractivity contribution in [3.8, 4) is 0 Å². The van der Waals surface area contributed by atoms with Crippen molar-refractivity contribution in [3.05, 3.63) is 59.9 Å². The van der Waals surface area contributed by atoms with E-state index in [-0.39, 0.29) is 30.4 Å². The molecule has 152 valence electrons. The van der Waals surface area contributed by atoms with Gasteiger partial charge >= 0.3 is 0 Å². The highest BCUT2D eigenvalue weighted by Crippen LogP contribution is 2.25. The third kappa shape index (κ3) is 6.76. The topological polar surface area (TPSA) is 99.2 Å². The molecule has 9 heteroatoms. The molecular formula is C19H25Cl2N5O2. The molecule has 28 heavy (non-hydrogen) atoms. The summed E-state index contributed by atoms with van der Waals surface area (Å²) in [5.41, 5.74) is 3.37. The zero-order chi connectivity index (χ0) is 18.2. The highest BCUT2D eigenvalue weighted by Gasteiger charge is 2.32. The quantitative estimate of drug-likeness (QED) is 0.322. The fourth-order valence-corrected chi connectivity index (χ4v) is 3.19. The number of carbonyl (C=O) groups is 1. The Morgan fingerprint density at radius 2 is 1.93 bits per heavy atom. The van der Waals surface area contributed by atoms with Crippen LogP contribution in [-0.2, 0) is 11.2 Å². The van der Waals surface area contributed by atoms with Crippen LogP contribution in [0, 0.1) is 0 Å². The number of aromatic nitrogens is 2. The number of hydrogen-bond acceptors (Lipinski definition) is 6. The van der Waals surface area contributed by atoms with E-state index in [1.807, 2.05) is 6.07 Å². The first-order chi connectivity index (χ1) is 12.7. The number of benzene rings is 1. The van der Waals surface area contributed by atoms with E-state index in [1.165, 1.54) is 17.7 Å². The van der Waals surface area contributed by atoms with Crippen molar-refractivity contribution in [2.75, 3.05) is 18.4 Å². The minimum absolute atomic E-state index is 0. The molecule has 0 saturated carbocycles. The van der Waals surface area contributed by atoms with Gasteiger partial charge in [-0.25, -0.2) is 15.4 Å². The molecule has 2 aromatic rings. The number of piperidine rings is 1. The van der Waals surface area contributed by atoms with Crippen molar-refractivity contribution in [1.29, 1.82) is 0 Å². The number of halogens is 2. The van der Waals surface area contributed by atoms with Gasteiger partial charge in [0.25, 0.3) is 5.91 Å². The van der Waals surface area contributed by atoms with Gasteiger partial charge in [-0.3, -0.25) is 10.0 Å². The normalized spacial score (nSPS) is 18.6. The lowest BCUT2D eigenvalue weighted by Gasteiger charge is -2.38. The Balaban J connectivity index is 0.00000196. The Morgan fingerprint density at radius 3 is 2.54 bits per heavy atom. The van der Waals surface area contributed by atoms with Gasteiger partial charge < -0.3 is 10.6 Å². The van der Waals surface area contributed by atoms with Gasteiger partial charge in [0.15, 0.2) is 0 Å². The van der Waals surface area contributed by atoms with Crippen LogP contribution in [-0.4, -0.2) is 39.7 Å². The SMILES string of the molecule is Cl.Cl.O=C(/C=C/c1cnc(N[C@@]2(Cc3ccccc3)CCCNC2)nc1)NO. The summed E-state index contributed by atoms with van der Waals surface area (Å²) < 4.78 is 0. The molecule has 1 aliphatic rings. The molecule has 3 rings (SSSR count). The van der Waals surface area contributed by atoms with Crippen molar-refractivity contribution >= 4 is 42.7 Å². The molecule has 0 spiro atoms. The van der Waals surface area contributed by atoms with Crippen LogP contribution in [0.3, 0.4) is 0 Å². The zero-order valence-corrected chi connectivity index (χ0v) is 16.9. The van der Waals surface area contributed by atoms with Crippen LogP contribution in [0.2, 0.25) is 0 Å². The third-order valence-corrected chi connectivity index (χ3v) is 4.44. The van der Waals surface area contributed by atoms with Gasteiger partial charge in [0, 0.05) is 30.6 Å². The van der Waals surface area contributed by atoms with E-state index in [0.717, 1.165) is 32.4 Å². The zero-order valence-electron chi connectivity index (χ0n) is 15.3. The Kier molecular flexibility index (Phi) is 9.89. The number of rotatable bonds is 6. The molecule has 7 nitrogen and oxygen atoms in total. The van der Waals surface area contributed by atoms with Crippen LogP contribution >= 0.6 is 24.8 Å². The van der Waals surface area contributed by atoms with E-state index in [4.69, 9.17) is 5.21 Å². The minimum atomic E-state index is -0.595. The number of hydroxylamine groups is 1. The number of hydrogen-bond donors (Lipinski definition) is 4. The van der Waals surface area contributed by atoms with E-state index in [1.54, 1.807) is 17.9 Å². The maximum absolute atomic E-state index is 11.0. The fourth-order valence-electron chi connectivity index (χ4n) is 3.19. The van der Waals surface area contributed by atoms with Crippen LogP contribution in [0.5, 0.6) is 0 Å². The minimum Gasteiger partial charge on any atom is -0.347 e. The Morgan fingerprint density at radius 1 is 1.21 bits per heavy atom. The van der Waals surface area contributed by atoms with Gasteiger partial charge in [0.2, 0.25) is 5.95 Å². The fraction of sp³-hybridized carbons (Fsp3) is 0.316. The van der Waals surface area contributed by atoms with E-state index < -0.39 is 5.91 Å². The second-order valence-electron chi connectivity index (χ2n) is 6.50. The number of nitrogens with zero attached hydrogens (tertiary/aromatic N) is 2. The molecule has 4 N–H and O–H groups in total. The molecule has 1 aromatic heterocycles. The summed E-state index contributed by atoms with van der Waals surface area (Å²) in [5, 5.41) is 15.5. The second kappa shape index (κ2) is 11.6. The van der Waals surface area contributed by atoms with Gasteiger partial charge in [-0.05, 0) is 37.4 Å². The molecule has 0 aliphatic carbocycles. The summed E-state index contributed by atoms with van der Waals surface area (Å²) in [7, 11) is 0. The van der Waals surface area contributed by atoms with Crippen molar-refractivity contribution in [1.82, 2.24) is 20.8 Å². The average molecular weight is 426 g/mol. The summed E-state index contributed by atoms with van der Waals surface area (Å²) in [4.78, 5) is 19.8. The molecule has 1 amide bonds. The standard InChI is InChI=1S/C19H23N5O2.2ClH/c25-17(24-26)8-7-16-12-21-18(22-13-16)23-19(9-4-10-20-14-19)11-15-5-2-1-3-6-15;;/h1-3,5-8,12-13,20,26H,4,9-11,14H2,(H,24,25)(H,21,22,23);2*1H/b8-7+;;/t19-;;/m1../s1. The number of amides is 1. The van der Waals surface area contributed by atoms with E-state index in [2.05, 4.69) is 44.9 Å². The molecular weight excluding hydrogens is 401 g/mol. The van der Waals surface area contributed by atoms with E-state index in [9.17, 15) is 4.79 Å². The van der Waals surface area contributed by atoms with Gasteiger partial charge in [-0.15, -0.1) is 24.8 Å². The predicted octanol–water partition coefficient (Wildman–Crippen LogP) is 2.62. The van der Waals surface area contributed by atoms with E-state index in [0.29, 0.717) is 11.5 Å². The lowest BCUT2D eigenvalue weighted by atomic mass is 9.84. The van der Waals surface area contributed by atoms with Crippen LogP contribution in [0.4, 0.5) is 5.95 Å². The highest BCUT2D eigenvalue weighted by molar-refractivity contribution is 5.90. The van der Waals surface area contributed by atoms with Gasteiger partial charge in [-0.2, -0.15) is 0 Å². The molecule has 2 heterocycles.